The van der Waals surface area contributed by atoms with Crippen LogP contribution in [-0.2, 0) is 16.9 Å². The number of methoxy groups -OCH3 is 1. The molecule has 1 aromatic rings. The lowest BCUT2D eigenvalue weighted by molar-refractivity contribution is 0.0776. The Hall–Kier alpha value is -1.00. The first-order chi connectivity index (χ1) is 6.86. The maximum atomic E-state index is 13.4. The summed E-state index contributed by atoms with van der Waals surface area (Å²) >= 11 is 0. The van der Waals surface area contributed by atoms with E-state index in [1.54, 1.807) is 0 Å². The van der Waals surface area contributed by atoms with Crippen LogP contribution in [0.1, 0.15) is 25.0 Å². The zero-order valence-electron chi connectivity index (χ0n) is 8.97. The van der Waals surface area contributed by atoms with Gasteiger partial charge in [-0.2, -0.15) is 0 Å². The van der Waals surface area contributed by atoms with Gasteiger partial charge in [0.1, 0.15) is 11.6 Å². The summed E-state index contributed by atoms with van der Waals surface area (Å²) in [5.74, 6) is -1.40. The largest absolute Gasteiger partial charge is 0.386 e. The van der Waals surface area contributed by atoms with Crippen LogP contribution in [0.5, 0.6) is 0 Å². The molecule has 0 aromatic heterocycles. The Morgan fingerprint density at radius 1 is 1.27 bits per heavy atom. The SMILES string of the molecule is COCc1c(F)cc(C(C)(C)O)cc1F. The highest BCUT2D eigenvalue weighted by Crippen LogP contribution is 2.24. The summed E-state index contributed by atoms with van der Waals surface area (Å²) in [4.78, 5) is 0. The molecule has 1 rings (SSSR count). The summed E-state index contributed by atoms with van der Waals surface area (Å²) in [6.45, 7) is 2.82. The summed E-state index contributed by atoms with van der Waals surface area (Å²) in [7, 11) is 1.36. The second-order valence-corrected chi connectivity index (χ2v) is 3.91. The molecule has 0 atom stereocenters. The van der Waals surface area contributed by atoms with Crippen molar-refractivity contribution in [1.82, 2.24) is 0 Å². The predicted molar refractivity (Wildman–Crippen MR) is 52.3 cm³/mol. The van der Waals surface area contributed by atoms with E-state index in [0.717, 1.165) is 12.1 Å². The van der Waals surface area contributed by atoms with Crippen LogP contribution in [-0.4, -0.2) is 12.2 Å². The monoisotopic (exact) mass is 216 g/mol. The van der Waals surface area contributed by atoms with E-state index in [1.165, 1.54) is 21.0 Å². The number of rotatable bonds is 3. The lowest BCUT2D eigenvalue weighted by Gasteiger charge is -2.18. The molecule has 4 heteroatoms. The summed E-state index contributed by atoms with van der Waals surface area (Å²) in [6, 6.07) is 2.24. The standard InChI is InChI=1S/C11H14F2O2/c1-11(2,14)7-4-9(12)8(6-15-3)10(13)5-7/h4-5,14H,6H2,1-3H3. The van der Waals surface area contributed by atoms with Crippen molar-refractivity contribution >= 4 is 0 Å². The first kappa shape index (κ1) is 12.1. The van der Waals surface area contributed by atoms with Crippen LogP contribution < -0.4 is 0 Å². The van der Waals surface area contributed by atoms with Gasteiger partial charge in [-0.3, -0.25) is 0 Å². The van der Waals surface area contributed by atoms with Gasteiger partial charge in [-0.1, -0.05) is 0 Å². The van der Waals surface area contributed by atoms with Crippen molar-refractivity contribution in [2.45, 2.75) is 26.1 Å². The average Bonchev–Trinajstić information content (AvgIpc) is 2.09. The molecule has 0 bridgehead atoms. The molecule has 0 heterocycles. The maximum absolute atomic E-state index is 13.4. The summed E-state index contributed by atoms with van der Waals surface area (Å²) < 4.78 is 31.5. The molecule has 0 amide bonds. The summed E-state index contributed by atoms with van der Waals surface area (Å²) in [5, 5.41) is 9.59. The normalized spacial score (nSPS) is 11.9. The number of halogens is 2. The lowest BCUT2D eigenvalue weighted by atomic mass is 9.96. The fourth-order valence-electron chi connectivity index (χ4n) is 1.24. The molecule has 1 N–H and O–H groups in total. The van der Waals surface area contributed by atoms with E-state index in [9.17, 15) is 13.9 Å². The quantitative estimate of drug-likeness (QED) is 0.840. The van der Waals surface area contributed by atoms with Crippen LogP contribution in [0.25, 0.3) is 0 Å². The van der Waals surface area contributed by atoms with Gasteiger partial charge in [0.05, 0.1) is 12.2 Å². The Morgan fingerprint density at radius 3 is 2.07 bits per heavy atom. The zero-order chi connectivity index (χ0) is 11.6. The Balaban J connectivity index is 3.19. The topological polar surface area (TPSA) is 29.5 Å². The van der Waals surface area contributed by atoms with Gasteiger partial charge in [-0.05, 0) is 31.5 Å². The number of ether oxygens (including phenoxy) is 1. The van der Waals surface area contributed by atoms with E-state index >= 15 is 0 Å². The van der Waals surface area contributed by atoms with Crippen molar-refractivity contribution in [3.05, 3.63) is 34.9 Å². The van der Waals surface area contributed by atoms with Gasteiger partial charge in [-0.25, -0.2) is 8.78 Å². The lowest BCUT2D eigenvalue weighted by Crippen LogP contribution is -2.17. The molecule has 0 radical (unpaired) electrons. The Labute approximate surface area is 87.5 Å². The Morgan fingerprint density at radius 2 is 1.73 bits per heavy atom. The van der Waals surface area contributed by atoms with Crippen molar-refractivity contribution in [3.63, 3.8) is 0 Å². The van der Waals surface area contributed by atoms with E-state index in [4.69, 9.17) is 0 Å². The molecule has 0 aliphatic heterocycles. The van der Waals surface area contributed by atoms with Crippen LogP contribution >= 0.6 is 0 Å². The van der Waals surface area contributed by atoms with Crippen LogP contribution in [0, 0.1) is 11.6 Å². The second kappa shape index (κ2) is 4.24. The maximum Gasteiger partial charge on any atom is 0.132 e. The molecule has 0 spiro atoms. The van der Waals surface area contributed by atoms with Crippen molar-refractivity contribution in [1.29, 1.82) is 0 Å². The smallest absolute Gasteiger partial charge is 0.132 e. The molecule has 2 nitrogen and oxygen atoms in total. The van der Waals surface area contributed by atoms with Crippen LogP contribution in [0.2, 0.25) is 0 Å². The van der Waals surface area contributed by atoms with Crippen LogP contribution in [0.4, 0.5) is 8.78 Å². The fourth-order valence-corrected chi connectivity index (χ4v) is 1.24. The van der Waals surface area contributed by atoms with E-state index in [-0.39, 0.29) is 17.7 Å². The minimum absolute atomic E-state index is 0.120. The van der Waals surface area contributed by atoms with Gasteiger partial charge in [0, 0.05) is 12.7 Å². The third kappa shape index (κ3) is 2.73. The second-order valence-electron chi connectivity index (χ2n) is 3.91. The zero-order valence-corrected chi connectivity index (χ0v) is 8.97. The number of hydrogen-bond donors (Lipinski definition) is 1. The highest BCUT2D eigenvalue weighted by molar-refractivity contribution is 5.29. The van der Waals surface area contributed by atoms with Crippen molar-refractivity contribution in [2.75, 3.05) is 7.11 Å². The molecule has 0 saturated heterocycles. The first-order valence-corrected chi connectivity index (χ1v) is 4.56. The molecular weight excluding hydrogens is 202 g/mol. The third-order valence-corrected chi connectivity index (χ3v) is 2.14. The van der Waals surface area contributed by atoms with E-state index in [2.05, 4.69) is 4.74 Å². The average molecular weight is 216 g/mol. The molecular formula is C11H14F2O2. The third-order valence-electron chi connectivity index (χ3n) is 2.14. The highest BCUT2D eigenvalue weighted by Gasteiger charge is 2.20. The summed E-state index contributed by atoms with van der Waals surface area (Å²) in [6.07, 6.45) is 0. The molecule has 1 aromatic carbocycles. The van der Waals surface area contributed by atoms with Crippen LogP contribution in [0.15, 0.2) is 12.1 Å². The van der Waals surface area contributed by atoms with Gasteiger partial charge in [-0.15, -0.1) is 0 Å². The van der Waals surface area contributed by atoms with Gasteiger partial charge in [0.25, 0.3) is 0 Å². The molecule has 0 fully saturated rings. The minimum Gasteiger partial charge on any atom is -0.386 e. The molecule has 0 aliphatic carbocycles. The van der Waals surface area contributed by atoms with Gasteiger partial charge < -0.3 is 9.84 Å². The van der Waals surface area contributed by atoms with E-state index in [0.29, 0.717) is 0 Å². The number of hydrogen-bond acceptors (Lipinski definition) is 2. The highest BCUT2D eigenvalue weighted by atomic mass is 19.1. The van der Waals surface area contributed by atoms with Crippen molar-refractivity contribution in [3.8, 4) is 0 Å². The van der Waals surface area contributed by atoms with Gasteiger partial charge >= 0.3 is 0 Å². The number of aliphatic hydroxyl groups is 1. The van der Waals surface area contributed by atoms with Gasteiger partial charge in [0.2, 0.25) is 0 Å². The first-order valence-electron chi connectivity index (χ1n) is 4.56. The number of benzene rings is 1. The fraction of sp³-hybridized carbons (Fsp3) is 0.455. The van der Waals surface area contributed by atoms with E-state index in [1.807, 2.05) is 0 Å². The minimum atomic E-state index is -1.26. The van der Waals surface area contributed by atoms with Gasteiger partial charge in [0.15, 0.2) is 0 Å². The molecule has 0 aliphatic rings. The van der Waals surface area contributed by atoms with Crippen LogP contribution in [0.3, 0.4) is 0 Å². The molecule has 15 heavy (non-hydrogen) atoms. The Bertz CT molecular complexity index is 333. The molecule has 84 valence electrons. The Kier molecular flexibility index (Phi) is 3.42. The molecule has 0 saturated carbocycles. The molecule has 0 unspecified atom stereocenters. The summed E-state index contributed by atoms with van der Waals surface area (Å²) in [5.41, 5.74) is -1.17. The van der Waals surface area contributed by atoms with E-state index < -0.39 is 17.2 Å². The van der Waals surface area contributed by atoms with Crippen molar-refractivity contribution < 1.29 is 18.6 Å². The predicted octanol–water partition coefficient (Wildman–Crippen LogP) is 2.34. The van der Waals surface area contributed by atoms with Crippen molar-refractivity contribution in [2.24, 2.45) is 0 Å².